The molecule has 0 saturated carbocycles. The molecule has 2 aromatic rings. The van der Waals surface area contributed by atoms with Crippen LogP contribution in [0.25, 0.3) is 10.9 Å². The third-order valence-electron chi connectivity index (χ3n) is 2.42. The molecule has 0 fully saturated rings. The lowest BCUT2D eigenvalue weighted by molar-refractivity contribution is 0.415. The SMILES string of the molecule is COc1cc2nc(NN)c(C)cc2cc1Cl. The molecule has 5 heteroatoms. The Kier molecular flexibility index (Phi) is 2.85. The van der Waals surface area contributed by atoms with Gasteiger partial charge in [0.25, 0.3) is 0 Å². The van der Waals surface area contributed by atoms with E-state index in [2.05, 4.69) is 10.4 Å². The van der Waals surface area contributed by atoms with E-state index in [4.69, 9.17) is 22.2 Å². The van der Waals surface area contributed by atoms with Gasteiger partial charge in [0.05, 0.1) is 17.6 Å². The smallest absolute Gasteiger partial charge is 0.143 e. The van der Waals surface area contributed by atoms with Gasteiger partial charge in [0.15, 0.2) is 0 Å². The maximum atomic E-state index is 6.04. The Morgan fingerprint density at radius 1 is 1.38 bits per heavy atom. The van der Waals surface area contributed by atoms with Crippen LogP contribution in [0.2, 0.25) is 5.02 Å². The number of anilines is 1. The van der Waals surface area contributed by atoms with Gasteiger partial charge in [-0.1, -0.05) is 11.6 Å². The summed E-state index contributed by atoms with van der Waals surface area (Å²) in [4.78, 5) is 4.37. The van der Waals surface area contributed by atoms with E-state index in [1.54, 1.807) is 13.2 Å². The highest BCUT2D eigenvalue weighted by Crippen LogP contribution is 2.30. The summed E-state index contributed by atoms with van der Waals surface area (Å²) < 4.78 is 5.13. The molecular weight excluding hydrogens is 226 g/mol. The van der Waals surface area contributed by atoms with Crippen molar-refractivity contribution in [3.63, 3.8) is 0 Å². The molecule has 0 bridgehead atoms. The highest BCUT2D eigenvalue weighted by Gasteiger charge is 2.07. The van der Waals surface area contributed by atoms with Crippen LogP contribution in [0, 0.1) is 6.92 Å². The van der Waals surface area contributed by atoms with Crippen LogP contribution in [0.5, 0.6) is 5.75 Å². The van der Waals surface area contributed by atoms with Crippen LogP contribution < -0.4 is 16.0 Å². The van der Waals surface area contributed by atoms with Gasteiger partial charge < -0.3 is 10.2 Å². The first-order chi connectivity index (χ1) is 7.65. The summed E-state index contributed by atoms with van der Waals surface area (Å²) in [6, 6.07) is 5.59. The number of aryl methyl sites for hydroxylation is 1. The average Bonchev–Trinajstić information content (AvgIpc) is 2.27. The lowest BCUT2D eigenvalue weighted by Crippen LogP contribution is -2.10. The van der Waals surface area contributed by atoms with E-state index < -0.39 is 0 Å². The zero-order chi connectivity index (χ0) is 11.7. The summed E-state index contributed by atoms with van der Waals surface area (Å²) in [6.07, 6.45) is 0. The molecule has 0 aliphatic rings. The van der Waals surface area contributed by atoms with Crippen LogP contribution in [-0.4, -0.2) is 12.1 Å². The Hall–Kier alpha value is -1.52. The molecule has 1 aromatic carbocycles. The molecule has 4 nitrogen and oxygen atoms in total. The van der Waals surface area contributed by atoms with Crippen molar-refractivity contribution < 1.29 is 4.74 Å². The van der Waals surface area contributed by atoms with Crippen molar-refractivity contribution in [1.82, 2.24) is 4.98 Å². The normalized spacial score (nSPS) is 10.5. The summed E-state index contributed by atoms with van der Waals surface area (Å²) in [5, 5.41) is 1.53. The highest BCUT2D eigenvalue weighted by atomic mass is 35.5. The Morgan fingerprint density at radius 2 is 2.12 bits per heavy atom. The molecule has 0 unspecified atom stereocenters. The van der Waals surface area contributed by atoms with Crippen molar-refractivity contribution in [2.24, 2.45) is 5.84 Å². The number of hydrogen-bond donors (Lipinski definition) is 2. The minimum atomic E-state index is 0.574. The second kappa shape index (κ2) is 4.15. The van der Waals surface area contributed by atoms with Gasteiger partial charge in [-0.2, -0.15) is 0 Å². The number of rotatable bonds is 2. The number of methoxy groups -OCH3 is 1. The number of hydrazine groups is 1. The Balaban J connectivity index is 2.71. The first kappa shape index (κ1) is 11.0. The molecule has 1 aromatic heterocycles. The predicted molar refractivity (Wildman–Crippen MR) is 65.9 cm³/mol. The van der Waals surface area contributed by atoms with Crippen molar-refractivity contribution in [3.05, 3.63) is 28.8 Å². The molecule has 16 heavy (non-hydrogen) atoms. The fourth-order valence-electron chi connectivity index (χ4n) is 1.58. The number of nitrogens with zero attached hydrogens (tertiary/aromatic N) is 1. The molecule has 0 saturated heterocycles. The van der Waals surface area contributed by atoms with Crippen molar-refractivity contribution in [2.75, 3.05) is 12.5 Å². The molecule has 0 spiro atoms. The lowest BCUT2D eigenvalue weighted by atomic mass is 10.1. The summed E-state index contributed by atoms with van der Waals surface area (Å²) in [7, 11) is 1.57. The van der Waals surface area contributed by atoms with Crippen LogP contribution in [0.3, 0.4) is 0 Å². The molecule has 1 heterocycles. The van der Waals surface area contributed by atoms with E-state index in [1.807, 2.05) is 19.1 Å². The number of pyridine rings is 1. The van der Waals surface area contributed by atoms with Gasteiger partial charge in [-0.15, -0.1) is 0 Å². The van der Waals surface area contributed by atoms with Crippen molar-refractivity contribution in [2.45, 2.75) is 6.92 Å². The predicted octanol–water partition coefficient (Wildman–Crippen LogP) is 2.49. The molecule has 0 aliphatic heterocycles. The highest BCUT2D eigenvalue weighted by molar-refractivity contribution is 6.32. The van der Waals surface area contributed by atoms with E-state index >= 15 is 0 Å². The first-order valence-electron chi connectivity index (χ1n) is 4.77. The number of aromatic nitrogens is 1. The van der Waals surface area contributed by atoms with E-state index in [1.165, 1.54) is 0 Å². The first-order valence-corrected chi connectivity index (χ1v) is 5.15. The maximum absolute atomic E-state index is 6.04. The van der Waals surface area contributed by atoms with Crippen molar-refractivity contribution >= 4 is 28.3 Å². The van der Waals surface area contributed by atoms with Crippen LogP contribution >= 0.6 is 11.6 Å². The number of nitrogens with one attached hydrogen (secondary N) is 1. The molecule has 3 N–H and O–H groups in total. The largest absolute Gasteiger partial charge is 0.495 e. The number of nitrogen functional groups attached to an aromatic ring is 1. The molecule has 0 aliphatic carbocycles. The van der Waals surface area contributed by atoms with Gasteiger partial charge >= 0.3 is 0 Å². The van der Waals surface area contributed by atoms with Gasteiger partial charge in [0.1, 0.15) is 11.6 Å². The summed E-state index contributed by atoms with van der Waals surface area (Å²) in [6.45, 7) is 1.93. The zero-order valence-electron chi connectivity index (χ0n) is 9.04. The van der Waals surface area contributed by atoms with Gasteiger partial charge in [-0.25, -0.2) is 10.8 Å². The molecule has 0 atom stereocenters. The fourth-order valence-corrected chi connectivity index (χ4v) is 1.83. The number of halogens is 1. The molecule has 0 radical (unpaired) electrons. The van der Waals surface area contributed by atoms with Gasteiger partial charge in [-0.3, -0.25) is 0 Å². The minimum Gasteiger partial charge on any atom is -0.495 e. The number of benzene rings is 1. The summed E-state index contributed by atoms with van der Waals surface area (Å²) in [5.41, 5.74) is 4.31. The topological polar surface area (TPSA) is 60.2 Å². The van der Waals surface area contributed by atoms with Gasteiger partial charge in [-0.05, 0) is 24.6 Å². The second-order valence-electron chi connectivity index (χ2n) is 3.48. The van der Waals surface area contributed by atoms with Crippen molar-refractivity contribution in [3.8, 4) is 5.75 Å². The number of fused-ring (bicyclic) bond motifs is 1. The van der Waals surface area contributed by atoms with Crippen LogP contribution in [0.1, 0.15) is 5.56 Å². The lowest BCUT2D eigenvalue weighted by Gasteiger charge is -2.08. The molecular formula is C11H12ClN3O. The monoisotopic (exact) mass is 237 g/mol. The average molecular weight is 238 g/mol. The molecule has 2 rings (SSSR count). The van der Waals surface area contributed by atoms with Crippen molar-refractivity contribution in [1.29, 1.82) is 0 Å². The third kappa shape index (κ3) is 1.77. The van der Waals surface area contributed by atoms with Crippen LogP contribution in [-0.2, 0) is 0 Å². The van der Waals surface area contributed by atoms with E-state index in [0.29, 0.717) is 16.6 Å². The minimum absolute atomic E-state index is 0.574. The van der Waals surface area contributed by atoms with Crippen LogP contribution in [0.15, 0.2) is 18.2 Å². The number of hydrogen-bond acceptors (Lipinski definition) is 4. The number of ether oxygens (including phenoxy) is 1. The van der Waals surface area contributed by atoms with Crippen LogP contribution in [0.4, 0.5) is 5.82 Å². The molecule has 84 valence electrons. The Labute approximate surface area is 98.3 Å². The van der Waals surface area contributed by atoms with Gasteiger partial charge in [0.2, 0.25) is 0 Å². The third-order valence-corrected chi connectivity index (χ3v) is 2.71. The Bertz CT molecular complexity index is 497. The van der Waals surface area contributed by atoms with Gasteiger partial charge in [0, 0.05) is 11.5 Å². The van der Waals surface area contributed by atoms with E-state index in [-0.39, 0.29) is 0 Å². The Morgan fingerprint density at radius 3 is 2.75 bits per heavy atom. The maximum Gasteiger partial charge on any atom is 0.143 e. The second-order valence-corrected chi connectivity index (χ2v) is 3.88. The number of nitrogens with two attached hydrogens (primary N) is 1. The molecule has 0 amide bonds. The summed E-state index contributed by atoms with van der Waals surface area (Å²) >= 11 is 6.04. The van der Waals surface area contributed by atoms with E-state index in [9.17, 15) is 0 Å². The van der Waals surface area contributed by atoms with E-state index in [0.717, 1.165) is 16.5 Å². The quantitative estimate of drug-likeness (QED) is 0.622. The fraction of sp³-hybridized carbons (Fsp3) is 0.182. The zero-order valence-corrected chi connectivity index (χ0v) is 9.80. The summed E-state index contributed by atoms with van der Waals surface area (Å²) in [5.74, 6) is 6.63. The standard InChI is InChI=1S/C11H12ClN3O/c1-6-3-7-4-8(12)10(16-2)5-9(7)14-11(6)15-13/h3-5H,13H2,1-2H3,(H,14,15).